The quantitative estimate of drug-likeness (QED) is 0.252. The Balaban J connectivity index is 0.000000199. The molecule has 5 atom stereocenters. The average molecular weight is 757 g/mol. The van der Waals surface area contributed by atoms with Gasteiger partial charge in [-0.1, -0.05) is 60.7 Å². The molecule has 12 nitrogen and oxygen atoms in total. The standard InChI is InChI=1S/C24H29NO2.C10H14O3.C4H6O4.C2H3BO2.Na/c1-3-7-19(8-4-1)17-25(18-20-9-5-2-6-10-20)23-13-21-15-24(16-22(21)14-23)26-11-12-27-24;11-9-3-7-5-10(6-8(7)4-9)12-1-2-13-10;1-3(5)7-8-4(2)6;1-2(4)5-3;/h1-10,21-23H,11-18H2;7-8H,1-6H2;1-2H3;1H3;/q;;;-1;+1/t21-,22+,23?;7-,8+;;;. The SMILES string of the molecule is CC(=O)OOC(C)=O.O=C1C[C@@H]2CC3(C[C@@H]2C1)OCCO3.[B-]OC(C)=O.[Na+].c1ccc(CN(Cc2ccccc2)C2C[C@@H]3CC4(C[C@@H]3C2)OCCO4)cc1. The number of fused-ring (bicyclic) bond motifs is 2. The van der Waals surface area contributed by atoms with Crippen LogP contribution in [0.5, 0.6) is 0 Å². The van der Waals surface area contributed by atoms with Crippen molar-refractivity contribution in [3.05, 3.63) is 71.8 Å². The summed E-state index contributed by atoms with van der Waals surface area (Å²) in [5, 5.41) is 0. The molecule has 6 aliphatic rings. The number of hydrogen-bond acceptors (Lipinski definition) is 12. The first-order valence-corrected chi connectivity index (χ1v) is 18.6. The number of ether oxygens (including phenoxy) is 4. The molecule has 2 saturated heterocycles. The largest absolute Gasteiger partial charge is 1.00 e. The number of rotatable bonds is 5. The van der Waals surface area contributed by atoms with Crippen molar-refractivity contribution < 1.29 is 82.1 Å². The Bertz CT molecular complexity index is 1410. The van der Waals surface area contributed by atoms with Gasteiger partial charge in [0, 0.05) is 78.4 Å². The first kappa shape index (κ1) is 44.1. The summed E-state index contributed by atoms with van der Waals surface area (Å²) in [6.07, 6.45) is 8.17. The molecule has 0 bridgehead atoms. The van der Waals surface area contributed by atoms with Crippen LogP contribution in [0, 0.1) is 23.7 Å². The Kier molecular flexibility index (Phi) is 17.2. The zero-order valence-electron chi connectivity index (χ0n) is 32.1. The van der Waals surface area contributed by atoms with E-state index < -0.39 is 17.9 Å². The molecule has 2 heterocycles. The van der Waals surface area contributed by atoms with Crippen LogP contribution in [0.25, 0.3) is 0 Å². The molecule has 0 N–H and O–H groups in total. The number of carbonyl (C=O) groups excluding carboxylic acids is 4. The van der Waals surface area contributed by atoms with Gasteiger partial charge in [0.25, 0.3) is 0 Å². The van der Waals surface area contributed by atoms with E-state index >= 15 is 0 Å². The van der Waals surface area contributed by atoms with Crippen molar-refractivity contribution in [2.45, 2.75) is 103 Å². The maximum Gasteiger partial charge on any atom is 1.00 e. The summed E-state index contributed by atoms with van der Waals surface area (Å²) in [5.74, 6) is 0.772. The third-order valence-corrected chi connectivity index (χ3v) is 10.8. The van der Waals surface area contributed by atoms with Gasteiger partial charge in [0.15, 0.2) is 11.6 Å². The zero-order valence-corrected chi connectivity index (χ0v) is 34.1. The summed E-state index contributed by atoms with van der Waals surface area (Å²) in [5.41, 5.74) is 2.81. The maximum atomic E-state index is 11.2. The van der Waals surface area contributed by atoms with Gasteiger partial charge < -0.3 is 31.7 Å². The van der Waals surface area contributed by atoms with Crippen molar-refractivity contribution in [1.29, 1.82) is 0 Å². The molecule has 1 unspecified atom stereocenters. The van der Waals surface area contributed by atoms with Crippen LogP contribution < -0.4 is 29.6 Å². The van der Waals surface area contributed by atoms with Crippen molar-refractivity contribution in [2.24, 2.45) is 23.7 Å². The van der Waals surface area contributed by atoms with Gasteiger partial charge in [-0.25, -0.2) is 19.4 Å². The molecule has 2 aromatic carbocycles. The van der Waals surface area contributed by atoms with E-state index in [0.29, 0.717) is 23.7 Å². The van der Waals surface area contributed by atoms with E-state index in [1.165, 1.54) is 30.9 Å². The Hall–Kier alpha value is -2.62. The first-order valence-electron chi connectivity index (χ1n) is 18.6. The summed E-state index contributed by atoms with van der Waals surface area (Å²) in [6, 6.07) is 22.5. The topological polar surface area (TPSA) is 136 Å². The van der Waals surface area contributed by atoms with Crippen LogP contribution in [0.2, 0.25) is 0 Å². The second kappa shape index (κ2) is 21.1. The minimum Gasteiger partial charge on any atom is -0.793 e. The van der Waals surface area contributed by atoms with Crippen LogP contribution in [0.4, 0.5) is 0 Å². The number of benzene rings is 2. The van der Waals surface area contributed by atoms with Crippen LogP contribution in [-0.2, 0) is 65.6 Å². The smallest absolute Gasteiger partial charge is 0.793 e. The molecule has 6 fully saturated rings. The number of hydrogen-bond donors (Lipinski definition) is 0. The van der Waals surface area contributed by atoms with E-state index in [-0.39, 0.29) is 41.1 Å². The van der Waals surface area contributed by atoms with Crippen molar-refractivity contribution in [3.8, 4) is 0 Å². The molecular formula is C40H52BNNaO11. The van der Waals surface area contributed by atoms with Crippen LogP contribution >= 0.6 is 0 Å². The van der Waals surface area contributed by atoms with Gasteiger partial charge in [-0.05, 0) is 47.6 Å². The molecule has 4 aliphatic carbocycles. The van der Waals surface area contributed by atoms with E-state index in [2.05, 4.69) is 88.0 Å². The summed E-state index contributed by atoms with van der Waals surface area (Å²) >= 11 is 0. The predicted molar refractivity (Wildman–Crippen MR) is 192 cm³/mol. The fourth-order valence-electron chi connectivity index (χ4n) is 8.75. The number of Topliss-reactive ketones (excluding diaryl/α,β-unsaturated/α-hetero) is 1. The average Bonchev–Trinajstić information content (AvgIpc) is 4.00. The third kappa shape index (κ3) is 13.0. The fourth-order valence-corrected chi connectivity index (χ4v) is 8.75. The van der Waals surface area contributed by atoms with Crippen molar-refractivity contribution in [3.63, 3.8) is 0 Å². The summed E-state index contributed by atoms with van der Waals surface area (Å²) < 4.78 is 26.9. The van der Waals surface area contributed by atoms with Crippen LogP contribution in [-0.4, -0.2) is 80.7 Å². The number of carbonyl (C=O) groups is 4. The summed E-state index contributed by atoms with van der Waals surface area (Å²) in [4.78, 5) is 50.7. The van der Waals surface area contributed by atoms with Gasteiger partial charge in [-0.3, -0.25) is 14.5 Å². The number of nitrogens with zero attached hydrogens (tertiary/aromatic N) is 1. The maximum absolute atomic E-state index is 11.2. The van der Waals surface area contributed by atoms with Crippen LogP contribution in [0.3, 0.4) is 0 Å². The van der Waals surface area contributed by atoms with Gasteiger partial charge in [-0.15, -0.1) is 0 Å². The molecule has 2 spiro atoms. The molecule has 4 saturated carbocycles. The van der Waals surface area contributed by atoms with Crippen molar-refractivity contribution in [1.82, 2.24) is 4.90 Å². The van der Waals surface area contributed by atoms with Crippen LogP contribution in [0.1, 0.15) is 83.3 Å². The Morgan fingerprint density at radius 3 is 1.33 bits per heavy atom. The minimum absolute atomic E-state index is 0. The van der Waals surface area contributed by atoms with E-state index in [9.17, 15) is 19.2 Å². The molecule has 8 rings (SSSR count). The molecule has 2 aromatic rings. The van der Waals surface area contributed by atoms with Gasteiger partial charge in [0.05, 0.1) is 26.4 Å². The van der Waals surface area contributed by atoms with Crippen molar-refractivity contribution in [2.75, 3.05) is 26.4 Å². The molecule has 0 aromatic heterocycles. The van der Waals surface area contributed by atoms with E-state index in [0.717, 1.165) is 104 Å². The predicted octanol–water partition coefficient (Wildman–Crippen LogP) is 2.40. The Labute approximate surface area is 341 Å². The molecule has 14 heteroatoms. The van der Waals surface area contributed by atoms with Crippen LogP contribution in [0.15, 0.2) is 60.7 Å². The fraction of sp³-hybridized carbons (Fsp3) is 0.600. The molecule has 54 heavy (non-hydrogen) atoms. The van der Waals surface area contributed by atoms with Gasteiger partial charge in [0.2, 0.25) is 5.97 Å². The zero-order chi connectivity index (χ0) is 37.8. The van der Waals surface area contributed by atoms with E-state index in [4.69, 9.17) is 18.9 Å². The summed E-state index contributed by atoms with van der Waals surface area (Å²) in [6.45, 7) is 8.58. The van der Waals surface area contributed by atoms with Crippen molar-refractivity contribution >= 4 is 31.7 Å². The Morgan fingerprint density at radius 1 is 0.648 bits per heavy atom. The molecular weight excluding hydrogens is 704 g/mol. The first-order chi connectivity index (χ1) is 25.5. The number of ketones is 1. The molecule has 287 valence electrons. The van der Waals surface area contributed by atoms with Gasteiger partial charge in [-0.2, -0.15) is 0 Å². The second-order valence-corrected chi connectivity index (χ2v) is 14.8. The molecule has 0 amide bonds. The van der Waals surface area contributed by atoms with E-state index in [1.54, 1.807) is 0 Å². The monoisotopic (exact) mass is 756 g/mol. The van der Waals surface area contributed by atoms with Gasteiger partial charge in [0.1, 0.15) is 5.78 Å². The summed E-state index contributed by atoms with van der Waals surface area (Å²) in [7, 11) is 4.32. The minimum atomic E-state index is -0.639. The molecule has 3 radical (unpaired) electrons. The van der Waals surface area contributed by atoms with Gasteiger partial charge >= 0.3 is 41.5 Å². The second-order valence-electron chi connectivity index (χ2n) is 14.8. The normalized spacial score (nSPS) is 26.2. The van der Waals surface area contributed by atoms with E-state index in [1.807, 2.05) is 0 Å². The Morgan fingerprint density at radius 2 is 1.00 bits per heavy atom. The molecule has 2 aliphatic heterocycles. The third-order valence-electron chi connectivity index (χ3n) is 10.8.